The Morgan fingerprint density at radius 3 is 2.82 bits per heavy atom. The Hall–Kier alpha value is -1.93. The molecule has 28 heavy (non-hydrogen) atoms. The van der Waals surface area contributed by atoms with E-state index in [4.69, 9.17) is 4.52 Å². The van der Waals surface area contributed by atoms with Crippen LogP contribution in [0.15, 0.2) is 10.6 Å². The smallest absolute Gasteiger partial charge is 0.240 e. The van der Waals surface area contributed by atoms with Gasteiger partial charge in [0.25, 0.3) is 0 Å². The fourth-order valence-electron chi connectivity index (χ4n) is 3.81. The maximum atomic E-state index is 12.4. The average molecular weight is 392 g/mol. The van der Waals surface area contributed by atoms with Crippen molar-refractivity contribution in [1.82, 2.24) is 20.7 Å². The van der Waals surface area contributed by atoms with Gasteiger partial charge in [-0.3, -0.25) is 19.8 Å². The topological polar surface area (TPSA) is 99.5 Å². The highest BCUT2D eigenvalue weighted by molar-refractivity contribution is 5.91. The molecule has 2 amide bonds. The maximum absolute atomic E-state index is 12.4. The van der Waals surface area contributed by atoms with Gasteiger partial charge < -0.3 is 15.2 Å². The van der Waals surface area contributed by atoms with E-state index < -0.39 is 0 Å². The van der Waals surface area contributed by atoms with Gasteiger partial charge in [-0.15, -0.1) is 0 Å². The van der Waals surface area contributed by atoms with Crippen molar-refractivity contribution in [3.05, 3.63) is 11.8 Å². The molecule has 0 saturated carbocycles. The number of nitrogens with one attached hydrogen (secondary N) is 3. The lowest BCUT2D eigenvalue weighted by molar-refractivity contribution is -0.123. The summed E-state index contributed by atoms with van der Waals surface area (Å²) >= 11 is 0. The van der Waals surface area contributed by atoms with Crippen LogP contribution in [0.2, 0.25) is 0 Å². The Kier molecular flexibility index (Phi) is 6.72. The van der Waals surface area contributed by atoms with Crippen molar-refractivity contribution in [2.24, 2.45) is 5.92 Å². The molecule has 3 rings (SSSR count). The molecule has 2 fully saturated rings. The molecule has 0 radical (unpaired) electrons. The Bertz CT molecular complexity index is 676. The van der Waals surface area contributed by atoms with Crippen LogP contribution < -0.4 is 16.0 Å². The van der Waals surface area contributed by atoms with E-state index in [1.807, 2.05) is 20.8 Å². The predicted octanol–water partition coefficient (Wildman–Crippen LogP) is 1.49. The van der Waals surface area contributed by atoms with E-state index in [1.54, 1.807) is 6.07 Å². The number of carbonyl (C=O) groups excluding carboxylic acids is 2. The van der Waals surface area contributed by atoms with E-state index >= 15 is 0 Å². The van der Waals surface area contributed by atoms with Crippen LogP contribution in [-0.4, -0.2) is 60.6 Å². The summed E-state index contributed by atoms with van der Waals surface area (Å²) in [5.41, 5.74) is 0.693. The molecule has 0 aliphatic carbocycles. The molecule has 2 aliphatic heterocycles. The van der Waals surface area contributed by atoms with Gasteiger partial charge in [0.1, 0.15) is 0 Å². The van der Waals surface area contributed by atoms with Crippen LogP contribution >= 0.6 is 0 Å². The van der Waals surface area contributed by atoms with E-state index in [0.29, 0.717) is 24.9 Å². The van der Waals surface area contributed by atoms with Crippen LogP contribution in [0.3, 0.4) is 0 Å². The zero-order valence-electron chi connectivity index (χ0n) is 17.2. The average Bonchev–Trinajstić information content (AvgIpc) is 3.31. The number of amides is 2. The third kappa shape index (κ3) is 5.78. The number of piperidine rings is 1. The van der Waals surface area contributed by atoms with Gasteiger partial charge in [-0.25, -0.2) is 0 Å². The molecule has 2 saturated heterocycles. The van der Waals surface area contributed by atoms with Crippen molar-refractivity contribution in [3.63, 3.8) is 0 Å². The molecule has 3 N–H and O–H groups in total. The van der Waals surface area contributed by atoms with Gasteiger partial charge in [0, 0.05) is 24.6 Å². The second-order valence-electron chi connectivity index (χ2n) is 9.01. The first-order chi connectivity index (χ1) is 13.3. The lowest BCUT2D eigenvalue weighted by Crippen LogP contribution is -2.46. The molecule has 0 aromatic carbocycles. The minimum atomic E-state index is -0.120. The molecule has 0 spiro atoms. The van der Waals surface area contributed by atoms with Crippen molar-refractivity contribution in [1.29, 1.82) is 0 Å². The number of hydrogen-bond donors (Lipinski definition) is 3. The fourth-order valence-corrected chi connectivity index (χ4v) is 3.81. The maximum Gasteiger partial charge on any atom is 0.240 e. The summed E-state index contributed by atoms with van der Waals surface area (Å²) in [7, 11) is 0. The van der Waals surface area contributed by atoms with Crippen LogP contribution in [0.25, 0.3) is 0 Å². The van der Waals surface area contributed by atoms with Crippen molar-refractivity contribution in [2.45, 2.75) is 57.9 Å². The number of rotatable bonds is 6. The largest absolute Gasteiger partial charge is 0.354 e. The first-order valence-electron chi connectivity index (χ1n) is 10.3. The third-order valence-electron chi connectivity index (χ3n) is 5.45. The van der Waals surface area contributed by atoms with E-state index in [0.717, 1.165) is 51.0 Å². The number of carbonyl (C=O) groups is 2. The number of nitrogens with zero attached hydrogens (tertiary/aromatic N) is 2. The number of aromatic nitrogens is 1. The normalized spacial score (nSPS) is 23.5. The molecule has 3 heterocycles. The second-order valence-corrected chi connectivity index (χ2v) is 9.01. The zero-order chi connectivity index (χ0) is 20.1. The standard InChI is InChI=1S/C20H33N5O3/c1-20(2,3)16-10-18(28-24-16)23-17(26)13-25-9-5-6-14(12-25)11-22-19(27)15-7-4-8-21-15/h10,14-15,21H,4-9,11-13H2,1-3H3,(H,22,27)(H,23,26). The van der Waals surface area contributed by atoms with Gasteiger partial charge in [0.2, 0.25) is 17.7 Å². The van der Waals surface area contributed by atoms with Gasteiger partial charge in [0.05, 0.1) is 18.3 Å². The molecular formula is C20H33N5O3. The van der Waals surface area contributed by atoms with Crippen LogP contribution in [0.5, 0.6) is 0 Å². The molecule has 2 unspecified atom stereocenters. The zero-order valence-corrected chi connectivity index (χ0v) is 17.2. The minimum absolute atomic E-state index is 0.0367. The van der Waals surface area contributed by atoms with Gasteiger partial charge >= 0.3 is 0 Å². The first kappa shape index (κ1) is 20.8. The van der Waals surface area contributed by atoms with E-state index in [1.165, 1.54) is 0 Å². The third-order valence-corrected chi connectivity index (χ3v) is 5.45. The van der Waals surface area contributed by atoms with Crippen LogP contribution in [0.4, 0.5) is 5.88 Å². The summed E-state index contributed by atoms with van der Waals surface area (Å²) in [6.07, 6.45) is 4.09. The molecular weight excluding hydrogens is 358 g/mol. The van der Waals surface area contributed by atoms with Gasteiger partial charge in [-0.1, -0.05) is 25.9 Å². The van der Waals surface area contributed by atoms with Crippen LogP contribution in [0, 0.1) is 5.92 Å². The minimum Gasteiger partial charge on any atom is -0.354 e. The van der Waals surface area contributed by atoms with Crippen molar-refractivity contribution in [3.8, 4) is 0 Å². The highest BCUT2D eigenvalue weighted by Gasteiger charge is 2.26. The summed E-state index contributed by atoms with van der Waals surface area (Å²) in [6, 6.07) is 1.74. The highest BCUT2D eigenvalue weighted by Crippen LogP contribution is 2.23. The van der Waals surface area contributed by atoms with Gasteiger partial charge in [-0.05, 0) is 44.7 Å². The van der Waals surface area contributed by atoms with Crippen molar-refractivity contribution in [2.75, 3.05) is 38.0 Å². The van der Waals surface area contributed by atoms with Crippen molar-refractivity contribution < 1.29 is 14.1 Å². The molecule has 1 aromatic rings. The van der Waals surface area contributed by atoms with Gasteiger partial charge in [-0.2, -0.15) is 0 Å². The second kappa shape index (κ2) is 9.05. The molecule has 2 atom stereocenters. The monoisotopic (exact) mass is 391 g/mol. The summed E-state index contributed by atoms with van der Waals surface area (Å²) in [5.74, 6) is 0.772. The fraction of sp³-hybridized carbons (Fsp3) is 0.750. The van der Waals surface area contributed by atoms with E-state index in [-0.39, 0.29) is 23.3 Å². The van der Waals surface area contributed by atoms with E-state index in [9.17, 15) is 9.59 Å². The number of anilines is 1. The molecule has 1 aromatic heterocycles. The predicted molar refractivity (Wildman–Crippen MR) is 107 cm³/mol. The highest BCUT2D eigenvalue weighted by atomic mass is 16.5. The van der Waals surface area contributed by atoms with Gasteiger partial charge in [0.15, 0.2) is 0 Å². The Morgan fingerprint density at radius 1 is 1.32 bits per heavy atom. The summed E-state index contributed by atoms with van der Waals surface area (Å²) in [6.45, 7) is 9.77. The lowest BCUT2D eigenvalue weighted by atomic mass is 9.92. The van der Waals surface area contributed by atoms with Crippen LogP contribution in [-0.2, 0) is 15.0 Å². The van der Waals surface area contributed by atoms with Crippen molar-refractivity contribution >= 4 is 17.7 Å². The Labute approximate surface area is 166 Å². The summed E-state index contributed by atoms with van der Waals surface area (Å²) in [5, 5.41) is 13.1. The Balaban J connectivity index is 1.42. The summed E-state index contributed by atoms with van der Waals surface area (Å²) in [4.78, 5) is 26.7. The number of hydrogen-bond acceptors (Lipinski definition) is 6. The lowest BCUT2D eigenvalue weighted by Gasteiger charge is -2.32. The summed E-state index contributed by atoms with van der Waals surface area (Å²) < 4.78 is 5.23. The molecule has 8 nitrogen and oxygen atoms in total. The number of likely N-dealkylation sites (tertiary alicyclic amines) is 1. The molecule has 8 heteroatoms. The molecule has 156 valence electrons. The molecule has 0 bridgehead atoms. The first-order valence-corrected chi connectivity index (χ1v) is 10.3. The quantitative estimate of drug-likeness (QED) is 0.679. The van der Waals surface area contributed by atoms with E-state index in [2.05, 4.69) is 26.0 Å². The SMILES string of the molecule is CC(C)(C)c1cc(NC(=O)CN2CCCC(CNC(=O)C3CCCN3)C2)on1. The Morgan fingerprint density at radius 2 is 2.14 bits per heavy atom. The molecule has 2 aliphatic rings. The van der Waals surface area contributed by atoms with Crippen LogP contribution in [0.1, 0.15) is 52.1 Å².